The highest BCUT2D eigenvalue weighted by Gasteiger charge is 2.13. The zero-order valence-corrected chi connectivity index (χ0v) is 8.91. The number of hydrogen-bond acceptors (Lipinski definition) is 2. The second-order valence-electron chi connectivity index (χ2n) is 3.54. The van der Waals surface area contributed by atoms with Gasteiger partial charge in [0, 0.05) is 25.6 Å². The normalized spacial score (nSPS) is 12.5. The van der Waals surface area contributed by atoms with Crippen molar-refractivity contribution >= 4 is 0 Å². The smallest absolute Gasteiger partial charge is 0.0690 e. The minimum atomic E-state index is -0.457. The summed E-state index contributed by atoms with van der Waals surface area (Å²) in [6.45, 7) is 3.95. The van der Waals surface area contributed by atoms with Gasteiger partial charge < -0.3 is 5.11 Å². The summed E-state index contributed by atoms with van der Waals surface area (Å²) in [6.07, 6.45) is 5.67. The molecule has 3 heteroatoms. The molecular weight excluding hydrogens is 176 g/mol. The van der Waals surface area contributed by atoms with E-state index in [0.717, 1.165) is 17.0 Å². The van der Waals surface area contributed by atoms with Crippen LogP contribution in [0.2, 0.25) is 0 Å². The van der Waals surface area contributed by atoms with Gasteiger partial charge in [-0.15, -0.1) is 12.3 Å². The molecule has 0 bridgehead atoms. The van der Waals surface area contributed by atoms with E-state index in [4.69, 9.17) is 6.42 Å². The molecule has 1 rings (SSSR count). The zero-order valence-electron chi connectivity index (χ0n) is 8.91. The summed E-state index contributed by atoms with van der Waals surface area (Å²) in [4.78, 5) is 0. The van der Waals surface area contributed by atoms with Gasteiger partial charge in [-0.2, -0.15) is 5.10 Å². The Labute approximate surface area is 84.8 Å². The van der Waals surface area contributed by atoms with Crippen LogP contribution < -0.4 is 0 Å². The molecular formula is C11H16N2O. The van der Waals surface area contributed by atoms with Crippen molar-refractivity contribution in [2.75, 3.05) is 0 Å². The Morgan fingerprint density at radius 3 is 2.64 bits per heavy atom. The highest BCUT2D eigenvalue weighted by Crippen LogP contribution is 2.14. The SMILES string of the molecule is C#CCC(O)Cc1c(C)nn(C)c1C. The van der Waals surface area contributed by atoms with Crippen LogP contribution in [0.15, 0.2) is 0 Å². The maximum Gasteiger partial charge on any atom is 0.0690 e. The van der Waals surface area contributed by atoms with Crippen molar-refractivity contribution in [3.63, 3.8) is 0 Å². The van der Waals surface area contributed by atoms with Crippen LogP contribution in [0.5, 0.6) is 0 Å². The summed E-state index contributed by atoms with van der Waals surface area (Å²) in [7, 11) is 1.90. The van der Waals surface area contributed by atoms with Crippen LogP contribution in [0.1, 0.15) is 23.4 Å². The fraction of sp³-hybridized carbons (Fsp3) is 0.545. The average Bonchev–Trinajstić information content (AvgIpc) is 2.33. The summed E-state index contributed by atoms with van der Waals surface area (Å²) in [5.41, 5.74) is 3.18. The van der Waals surface area contributed by atoms with E-state index in [0.29, 0.717) is 12.8 Å². The molecule has 1 N–H and O–H groups in total. The first-order valence-corrected chi connectivity index (χ1v) is 4.66. The van der Waals surface area contributed by atoms with Gasteiger partial charge in [0.25, 0.3) is 0 Å². The van der Waals surface area contributed by atoms with Gasteiger partial charge in [-0.25, -0.2) is 0 Å². The Balaban J connectivity index is 2.81. The number of aryl methyl sites for hydroxylation is 2. The lowest BCUT2D eigenvalue weighted by atomic mass is 10.0. The molecule has 0 saturated heterocycles. The topological polar surface area (TPSA) is 38.1 Å². The predicted octanol–water partition coefficient (Wildman–Crippen LogP) is 0.964. The monoisotopic (exact) mass is 192 g/mol. The third-order valence-corrected chi connectivity index (χ3v) is 2.45. The highest BCUT2D eigenvalue weighted by molar-refractivity contribution is 5.25. The van der Waals surface area contributed by atoms with Crippen molar-refractivity contribution in [3.05, 3.63) is 17.0 Å². The lowest BCUT2D eigenvalue weighted by Crippen LogP contribution is -2.10. The fourth-order valence-corrected chi connectivity index (χ4v) is 1.56. The van der Waals surface area contributed by atoms with Crippen molar-refractivity contribution < 1.29 is 5.11 Å². The van der Waals surface area contributed by atoms with Crippen LogP contribution in [0.3, 0.4) is 0 Å². The molecule has 1 aromatic rings. The molecule has 1 aromatic heterocycles. The van der Waals surface area contributed by atoms with Crippen LogP contribution in [0, 0.1) is 26.2 Å². The molecule has 3 nitrogen and oxygen atoms in total. The molecule has 0 saturated carbocycles. The average molecular weight is 192 g/mol. The van der Waals surface area contributed by atoms with Gasteiger partial charge in [-0.05, 0) is 19.4 Å². The van der Waals surface area contributed by atoms with E-state index in [9.17, 15) is 5.11 Å². The summed E-state index contributed by atoms with van der Waals surface area (Å²) < 4.78 is 1.83. The van der Waals surface area contributed by atoms with Crippen molar-refractivity contribution in [3.8, 4) is 12.3 Å². The maximum atomic E-state index is 9.58. The number of terminal acetylenes is 1. The van der Waals surface area contributed by atoms with Gasteiger partial charge in [0.1, 0.15) is 0 Å². The Bertz CT molecular complexity index is 360. The molecule has 0 aliphatic heterocycles. The molecule has 0 spiro atoms. The zero-order chi connectivity index (χ0) is 10.7. The van der Waals surface area contributed by atoms with E-state index < -0.39 is 6.10 Å². The first-order valence-electron chi connectivity index (χ1n) is 4.66. The van der Waals surface area contributed by atoms with Gasteiger partial charge >= 0.3 is 0 Å². The number of aromatic nitrogens is 2. The Morgan fingerprint density at radius 1 is 1.57 bits per heavy atom. The molecule has 1 atom stereocenters. The van der Waals surface area contributed by atoms with Crippen molar-refractivity contribution in [2.24, 2.45) is 7.05 Å². The molecule has 0 aliphatic carbocycles. The van der Waals surface area contributed by atoms with E-state index in [1.54, 1.807) is 0 Å². The van der Waals surface area contributed by atoms with Gasteiger partial charge in [-0.3, -0.25) is 4.68 Å². The first-order chi connectivity index (χ1) is 6.56. The van der Waals surface area contributed by atoms with Gasteiger partial charge in [0.05, 0.1) is 11.8 Å². The van der Waals surface area contributed by atoms with Gasteiger partial charge in [-0.1, -0.05) is 0 Å². The number of rotatable bonds is 3. The minimum Gasteiger partial charge on any atom is -0.392 e. The molecule has 1 unspecified atom stereocenters. The van der Waals surface area contributed by atoms with Gasteiger partial charge in [0.2, 0.25) is 0 Å². The third kappa shape index (κ3) is 2.15. The highest BCUT2D eigenvalue weighted by atomic mass is 16.3. The largest absolute Gasteiger partial charge is 0.392 e. The van der Waals surface area contributed by atoms with E-state index in [2.05, 4.69) is 11.0 Å². The number of nitrogens with zero attached hydrogens (tertiary/aromatic N) is 2. The van der Waals surface area contributed by atoms with Crippen LogP contribution >= 0.6 is 0 Å². The molecule has 0 fully saturated rings. The van der Waals surface area contributed by atoms with Crippen LogP contribution in [0.25, 0.3) is 0 Å². The number of aliphatic hydroxyl groups excluding tert-OH is 1. The first kappa shape index (κ1) is 10.8. The number of aliphatic hydroxyl groups is 1. The second kappa shape index (κ2) is 4.30. The van der Waals surface area contributed by atoms with Crippen molar-refractivity contribution in [1.82, 2.24) is 9.78 Å². The molecule has 0 aliphatic rings. The van der Waals surface area contributed by atoms with Crippen LogP contribution in [0.4, 0.5) is 0 Å². The number of hydrogen-bond donors (Lipinski definition) is 1. The standard InChI is InChI=1S/C11H16N2O/c1-5-6-10(14)7-11-8(2)12-13(4)9(11)3/h1,10,14H,6-7H2,2-4H3. The predicted molar refractivity (Wildman–Crippen MR) is 55.8 cm³/mol. The van der Waals surface area contributed by atoms with Gasteiger partial charge in [0.15, 0.2) is 0 Å². The van der Waals surface area contributed by atoms with Crippen LogP contribution in [-0.2, 0) is 13.5 Å². The fourth-order valence-electron chi connectivity index (χ4n) is 1.56. The Morgan fingerprint density at radius 2 is 2.21 bits per heavy atom. The van der Waals surface area contributed by atoms with Crippen molar-refractivity contribution in [1.29, 1.82) is 0 Å². The molecule has 1 heterocycles. The van der Waals surface area contributed by atoms with Crippen LogP contribution in [-0.4, -0.2) is 21.0 Å². The minimum absolute atomic E-state index is 0.397. The van der Waals surface area contributed by atoms with E-state index in [1.165, 1.54) is 0 Å². The van der Waals surface area contributed by atoms with E-state index in [-0.39, 0.29) is 0 Å². The maximum absolute atomic E-state index is 9.58. The Kier molecular flexibility index (Phi) is 3.32. The summed E-state index contributed by atoms with van der Waals surface area (Å²) >= 11 is 0. The second-order valence-corrected chi connectivity index (χ2v) is 3.54. The quantitative estimate of drug-likeness (QED) is 0.724. The van der Waals surface area contributed by atoms with E-state index in [1.807, 2.05) is 25.6 Å². The molecule has 0 radical (unpaired) electrons. The molecule has 14 heavy (non-hydrogen) atoms. The Hall–Kier alpha value is -1.27. The summed E-state index contributed by atoms with van der Waals surface area (Å²) in [5.74, 6) is 2.46. The molecule has 0 aromatic carbocycles. The lowest BCUT2D eigenvalue weighted by molar-refractivity contribution is 0.180. The lowest BCUT2D eigenvalue weighted by Gasteiger charge is -2.07. The summed E-state index contributed by atoms with van der Waals surface area (Å²) in [6, 6.07) is 0. The van der Waals surface area contributed by atoms with Crippen molar-refractivity contribution in [2.45, 2.75) is 32.8 Å². The third-order valence-electron chi connectivity index (χ3n) is 2.45. The van der Waals surface area contributed by atoms with E-state index >= 15 is 0 Å². The summed E-state index contributed by atoms with van der Waals surface area (Å²) in [5, 5.41) is 13.9. The molecule has 76 valence electrons. The molecule has 0 amide bonds.